The maximum Gasteiger partial charge on any atom is 0.122 e. The number of methoxy groups -OCH3 is 2. The number of aryl methyl sites for hydroxylation is 2. The molecule has 2 aromatic rings. The summed E-state index contributed by atoms with van der Waals surface area (Å²) in [6.07, 6.45) is 11.5. The third-order valence-corrected chi connectivity index (χ3v) is 8.90. The Morgan fingerprint density at radius 2 is 1.17 bits per heavy atom. The number of rotatable bonds is 22. The minimum atomic E-state index is -0.611. The third-order valence-electron chi connectivity index (χ3n) is 8.90. The van der Waals surface area contributed by atoms with Crippen LogP contribution in [-0.2, 0) is 12.8 Å². The van der Waals surface area contributed by atoms with Gasteiger partial charge >= 0.3 is 0 Å². The molecule has 0 bridgehead atoms. The van der Waals surface area contributed by atoms with Gasteiger partial charge in [0.2, 0.25) is 0 Å². The molecule has 7 heteroatoms. The normalized spacial score (nSPS) is 13.1. The van der Waals surface area contributed by atoms with Gasteiger partial charge in [-0.05, 0) is 117 Å². The summed E-state index contributed by atoms with van der Waals surface area (Å²) < 4.78 is 10.8. The fourth-order valence-electron chi connectivity index (χ4n) is 6.46. The Balaban J connectivity index is 0.000000460. The van der Waals surface area contributed by atoms with Crippen LogP contribution in [0.4, 0.5) is 0 Å². The van der Waals surface area contributed by atoms with Crippen LogP contribution < -0.4 is 15.2 Å². The summed E-state index contributed by atoms with van der Waals surface area (Å²) in [6, 6.07) is 11.7. The molecule has 0 amide bonds. The summed E-state index contributed by atoms with van der Waals surface area (Å²) in [7, 11) is 3.30. The fourth-order valence-corrected chi connectivity index (χ4v) is 6.46. The lowest BCUT2D eigenvalue weighted by molar-refractivity contribution is 0.0127. The lowest BCUT2D eigenvalue weighted by atomic mass is 9.86. The van der Waals surface area contributed by atoms with Crippen LogP contribution in [0, 0.1) is 0 Å². The van der Waals surface area contributed by atoms with Crippen LogP contribution in [0.2, 0.25) is 0 Å². The first kappa shape index (κ1) is 41.9. The van der Waals surface area contributed by atoms with Crippen molar-refractivity contribution in [3.63, 3.8) is 0 Å². The van der Waals surface area contributed by atoms with E-state index < -0.39 is 23.4 Å². The molecule has 0 radical (unpaired) electrons. The number of aliphatic hydroxyl groups is 4. The Kier molecular flexibility index (Phi) is 20.4. The molecule has 0 spiro atoms. The van der Waals surface area contributed by atoms with Crippen LogP contribution in [0.3, 0.4) is 0 Å². The molecule has 0 aromatic heterocycles. The quantitative estimate of drug-likeness (QED) is 0.0875. The van der Waals surface area contributed by atoms with E-state index in [9.17, 15) is 20.4 Å². The maximum absolute atomic E-state index is 10.8. The van der Waals surface area contributed by atoms with Crippen molar-refractivity contribution in [3.8, 4) is 11.5 Å². The summed E-state index contributed by atoms with van der Waals surface area (Å²) in [4.78, 5) is 0. The van der Waals surface area contributed by atoms with Crippen LogP contribution >= 0.6 is 0 Å². The smallest absolute Gasteiger partial charge is 0.122 e. The molecule has 2 unspecified atom stereocenters. The minimum Gasteiger partial charge on any atom is -0.497 e. The zero-order valence-electron chi connectivity index (χ0n) is 30.1. The molecule has 0 saturated heterocycles. The molecule has 2 aromatic carbocycles. The second kappa shape index (κ2) is 22.4. The Morgan fingerprint density at radius 1 is 0.630 bits per heavy atom. The van der Waals surface area contributed by atoms with Gasteiger partial charge in [0.05, 0.1) is 37.6 Å². The molecular formula is C39H67NO6. The highest BCUT2D eigenvalue weighted by atomic mass is 16.5. The molecule has 46 heavy (non-hydrogen) atoms. The van der Waals surface area contributed by atoms with Crippen molar-refractivity contribution < 1.29 is 29.9 Å². The van der Waals surface area contributed by atoms with E-state index in [1.807, 2.05) is 30.3 Å². The SMILES string of the molecule is CCCC(O)(CCC)CCc1cc(C(O)CCN)ccc1OC.CCCC(O)c1cc(CCC(O)(CCC)CCC)cc(OC)c1. The molecule has 0 heterocycles. The van der Waals surface area contributed by atoms with E-state index in [1.165, 1.54) is 0 Å². The first-order valence-electron chi connectivity index (χ1n) is 17.8. The second-order valence-electron chi connectivity index (χ2n) is 13.0. The molecule has 264 valence electrons. The third kappa shape index (κ3) is 14.7. The highest BCUT2D eigenvalue weighted by Gasteiger charge is 2.26. The molecule has 0 fully saturated rings. The second-order valence-corrected chi connectivity index (χ2v) is 13.0. The zero-order chi connectivity index (χ0) is 34.6. The van der Waals surface area contributed by atoms with Gasteiger partial charge in [0, 0.05) is 0 Å². The van der Waals surface area contributed by atoms with Crippen molar-refractivity contribution in [3.05, 3.63) is 58.7 Å². The molecule has 0 aliphatic rings. The lowest BCUT2D eigenvalue weighted by Crippen LogP contribution is -2.29. The number of aliphatic hydroxyl groups excluding tert-OH is 2. The Hall–Kier alpha value is -2.16. The molecule has 2 rings (SSSR count). The van der Waals surface area contributed by atoms with Crippen molar-refractivity contribution in [1.29, 1.82) is 0 Å². The summed E-state index contributed by atoms with van der Waals surface area (Å²) >= 11 is 0. The van der Waals surface area contributed by atoms with Gasteiger partial charge in [-0.3, -0.25) is 0 Å². The van der Waals surface area contributed by atoms with Crippen molar-refractivity contribution in [2.75, 3.05) is 20.8 Å². The van der Waals surface area contributed by atoms with Crippen molar-refractivity contribution >= 4 is 0 Å². The van der Waals surface area contributed by atoms with Gasteiger partial charge in [-0.1, -0.05) is 78.9 Å². The molecule has 0 saturated carbocycles. The van der Waals surface area contributed by atoms with Gasteiger partial charge in [-0.15, -0.1) is 0 Å². The van der Waals surface area contributed by atoms with E-state index in [2.05, 4.69) is 40.7 Å². The summed E-state index contributed by atoms with van der Waals surface area (Å²) in [5.74, 6) is 1.59. The van der Waals surface area contributed by atoms with Gasteiger partial charge in [0.25, 0.3) is 0 Å². The van der Waals surface area contributed by atoms with Gasteiger partial charge in [-0.25, -0.2) is 0 Å². The predicted molar refractivity (Wildman–Crippen MR) is 191 cm³/mol. The highest BCUT2D eigenvalue weighted by Crippen LogP contribution is 2.31. The van der Waals surface area contributed by atoms with E-state index in [-0.39, 0.29) is 0 Å². The molecule has 0 aliphatic heterocycles. The summed E-state index contributed by atoms with van der Waals surface area (Å²) in [5.41, 5.74) is 8.27. The predicted octanol–water partition coefficient (Wildman–Crippen LogP) is 8.13. The number of ether oxygens (including phenoxy) is 2. The monoisotopic (exact) mass is 645 g/mol. The van der Waals surface area contributed by atoms with E-state index in [1.54, 1.807) is 14.2 Å². The standard InChI is InChI=1S/C20H34O3.C19H33NO3/c1-5-8-19(21)17-13-16(14-18(15-17)23-4)9-12-20(22,10-6-2)11-7-3;1-4-10-19(22,11-5-2)12-8-16-14-15(17(21)9-13-20)6-7-18(16)23-3/h13-15,19,21-22H,5-12H2,1-4H3;6-7,14,17,21-22H,4-5,8-13,20H2,1-3H3. The zero-order valence-corrected chi connectivity index (χ0v) is 30.1. The Bertz CT molecular complexity index is 1080. The van der Waals surface area contributed by atoms with E-state index in [4.69, 9.17) is 15.2 Å². The number of hydrogen-bond donors (Lipinski definition) is 5. The van der Waals surface area contributed by atoms with Crippen molar-refractivity contribution in [2.45, 2.75) is 154 Å². The largest absolute Gasteiger partial charge is 0.497 e. The number of nitrogens with two attached hydrogens (primary N) is 1. The van der Waals surface area contributed by atoms with Crippen LogP contribution in [0.5, 0.6) is 11.5 Å². The average Bonchev–Trinajstić information content (AvgIpc) is 3.03. The van der Waals surface area contributed by atoms with E-state index in [0.29, 0.717) is 19.4 Å². The summed E-state index contributed by atoms with van der Waals surface area (Å²) in [6.45, 7) is 11.0. The molecule has 6 N–H and O–H groups in total. The van der Waals surface area contributed by atoms with Crippen LogP contribution in [0.25, 0.3) is 0 Å². The molecular weight excluding hydrogens is 578 g/mol. The van der Waals surface area contributed by atoms with Crippen molar-refractivity contribution in [1.82, 2.24) is 0 Å². The first-order chi connectivity index (χ1) is 22.0. The highest BCUT2D eigenvalue weighted by molar-refractivity contribution is 5.38. The Labute approximate surface area is 280 Å². The topological polar surface area (TPSA) is 125 Å². The van der Waals surface area contributed by atoms with Crippen LogP contribution in [-0.4, -0.2) is 52.4 Å². The first-order valence-corrected chi connectivity index (χ1v) is 17.8. The molecule has 2 atom stereocenters. The fraction of sp³-hybridized carbons (Fsp3) is 0.692. The summed E-state index contributed by atoms with van der Waals surface area (Å²) in [5, 5.41) is 42.0. The lowest BCUT2D eigenvalue weighted by Gasteiger charge is -2.28. The van der Waals surface area contributed by atoms with Crippen LogP contribution in [0.15, 0.2) is 36.4 Å². The number of benzene rings is 2. The molecule has 7 nitrogen and oxygen atoms in total. The van der Waals surface area contributed by atoms with Gasteiger partial charge in [0.15, 0.2) is 0 Å². The van der Waals surface area contributed by atoms with Crippen LogP contribution in [0.1, 0.15) is 153 Å². The maximum atomic E-state index is 10.8. The molecule has 0 aliphatic carbocycles. The van der Waals surface area contributed by atoms with E-state index >= 15 is 0 Å². The van der Waals surface area contributed by atoms with Crippen molar-refractivity contribution in [2.24, 2.45) is 5.73 Å². The average molecular weight is 646 g/mol. The van der Waals surface area contributed by atoms with Gasteiger partial charge < -0.3 is 35.6 Å². The minimum absolute atomic E-state index is 0.445. The van der Waals surface area contributed by atoms with E-state index in [0.717, 1.165) is 117 Å². The Morgan fingerprint density at radius 3 is 1.65 bits per heavy atom. The number of hydrogen-bond acceptors (Lipinski definition) is 7. The van der Waals surface area contributed by atoms with Gasteiger partial charge in [0.1, 0.15) is 11.5 Å². The van der Waals surface area contributed by atoms with Gasteiger partial charge in [-0.2, -0.15) is 0 Å².